The van der Waals surface area contributed by atoms with Crippen LogP contribution in [0.1, 0.15) is 31.2 Å². The molecule has 0 aromatic heterocycles. The van der Waals surface area contributed by atoms with E-state index < -0.39 is 0 Å². The van der Waals surface area contributed by atoms with Gasteiger partial charge < -0.3 is 4.90 Å². The summed E-state index contributed by atoms with van der Waals surface area (Å²) in [5.74, 6) is 0. The van der Waals surface area contributed by atoms with E-state index in [-0.39, 0.29) is 0 Å². The molecule has 1 aliphatic carbocycles. The summed E-state index contributed by atoms with van der Waals surface area (Å²) in [5, 5.41) is 7.70. The lowest BCUT2D eigenvalue weighted by Gasteiger charge is -2.27. The van der Waals surface area contributed by atoms with Gasteiger partial charge in [-0.3, -0.25) is 0 Å². The highest BCUT2D eigenvalue weighted by Crippen LogP contribution is 2.40. The van der Waals surface area contributed by atoms with Crippen LogP contribution in [0.25, 0.3) is 71.3 Å². The molecule has 1 nitrogen and oxygen atoms in total. The quantitative estimate of drug-likeness (QED) is 0.149. The molecular formula is C54H41N. The maximum atomic E-state index is 2.43. The summed E-state index contributed by atoms with van der Waals surface area (Å²) in [5.41, 5.74) is 13.5. The first kappa shape index (κ1) is 32.9. The molecule has 0 radical (unpaired) electrons. The van der Waals surface area contributed by atoms with Crippen molar-refractivity contribution < 1.29 is 0 Å². The van der Waals surface area contributed by atoms with Gasteiger partial charge in [0.05, 0.1) is 0 Å². The molecule has 0 aliphatic heterocycles. The first-order valence-electron chi connectivity index (χ1n) is 19.6. The Labute approximate surface area is 323 Å². The third kappa shape index (κ3) is 6.38. The van der Waals surface area contributed by atoms with Gasteiger partial charge in [0.2, 0.25) is 0 Å². The van der Waals surface area contributed by atoms with Crippen molar-refractivity contribution in [3.05, 3.63) is 206 Å². The Bertz CT molecular complexity index is 2850. The van der Waals surface area contributed by atoms with Crippen LogP contribution in [0.15, 0.2) is 200 Å². The number of anilines is 3. The fraction of sp³-hybridized carbons (Fsp3) is 0.0741. The second-order valence-corrected chi connectivity index (χ2v) is 14.8. The van der Waals surface area contributed by atoms with Crippen molar-refractivity contribution in [2.75, 3.05) is 4.90 Å². The molecule has 0 amide bonds. The van der Waals surface area contributed by atoms with Gasteiger partial charge in [-0.15, -0.1) is 0 Å². The SMILES string of the molecule is C1=C(c2ccc(-c3cccc(N(c4ccc(-c5ccc6ccc7c8ccccc8ccc7c6c5)cc4)c4cccc(-c5ccccc5)c4)c3)cc2)CCCC1. The van der Waals surface area contributed by atoms with E-state index in [0.717, 1.165) is 17.1 Å². The molecule has 0 heterocycles. The first-order valence-corrected chi connectivity index (χ1v) is 19.6. The van der Waals surface area contributed by atoms with E-state index in [4.69, 9.17) is 0 Å². The van der Waals surface area contributed by atoms with Crippen LogP contribution in [-0.2, 0) is 0 Å². The van der Waals surface area contributed by atoms with E-state index in [0.29, 0.717) is 0 Å². The lowest BCUT2D eigenvalue weighted by atomic mass is 9.92. The molecule has 0 bridgehead atoms. The Morgan fingerprint density at radius 2 is 0.836 bits per heavy atom. The molecule has 9 aromatic rings. The van der Waals surface area contributed by atoms with Crippen LogP contribution in [0.2, 0.25) is 0 Å². The number of rotatable bonds is 7. The molecule has 10 rings (SSSR count). The molecule has 0 N–H and O–H groups in total. The van der Waals surface area contributed by atoms with Gasteiger partial charge in [-0.05, 0) is 145 Å². The van der Waals surface area contributed by atoms with E-state index in [1.54, 1.807) is 0 Å². The molecular weight excluding hydrogens is 663 g/mol. The monoisotopic (exact) mass is 703 g/mol. The molecule has 1 aliphatic rings. The van der Waals surface area contributed by atoms with Gasteiger partial charge >= 0.3 is 0 Å². The largest absolute Gasteiger partial charge is 0.310 e. The fourth-order valence-electron chi connectivity index (χ4n) is 8.50. The highest BCUT2D eigenvalue weighted by atomic mass is 15.1. The van der Waals surface area contributed by atoms with Crippen molar-refractivity contribution in [3.63, 3.8) is 0 Å². The molecule has 0 saturated heterocycles. The molecule has 0 unspecified atom stereocenters. The fourth-order valence-corrected chi connectivity index (χ4v) is 8.50. The number of benzene rings is 9. The Hall–Kier alpha value is -6.70. The Morgan fingerprint density at radius 1 is 0.309 bits per heavy atom. The molecule has 55 heavy (non-hydrogen) atoms. The van der Waals surface area contributed by atoms with Gasteiger partial charge in [0.15, 0.2) is 0 Å². The predicted molar refractivity (Wildman–Crippen MR) is 236 cm³/mol. The summed E-state index contributed by atoms with van der Waals surface area (Å²) in [4.78, 5) is 2.39. The van der Waals surface area contributed by atoms with Gasteiger partial charge in [0.1, 0.15) is 0 Å². The first-order chi connectivity index (χ1) is 27.2. The average Bonchev–Trinajstić information content (AvgIpc) is 3.27. The van der Waals surface area contributed by atoms with Gasteiger partial charge in [-0.25, -0.2) is 0 Å². The smallest absolute Gasteiger partial charge is 0.0467 e. The third-order valence-corrected chi connectivity index (χ3v) is 11.4. The predicted octanol–water partition coefficient (Wildman–Crippen LogP) is 15.6. The lowest BCUT2D eigenvalue weighted by molar-refractivity contribution is 0.742. The topological polar surface area (TPSA) is 3.24 Å². The van der Waals surface area contributed by atoms with Crippen LogP contribution >= 0.6 is 0 Å². The van der Waals surface area contributed by atoms with E-state index in [2.05, 4.69) is 205 Å². The van der Waals surface area contributed by atoms with Crippen LogP contribution in [-0.4, -0.2) is 0 Å². The van der Waals surface area contributed by atoms with Crippen molar-refractivity contribution in [1.29, 1.82) is 0 Å². The minimum absolute atomic E-state index is 1.11. The maximum absolute atomic E-state index is 2.43. The number of hydrogen-bond acceptors (Lipinski definition) is 1. The zero-order valence-corrected chi connectivity index (χ0v) is 30.8. The van der Waals surface area contributed by atoms with Crippen LogP contribution in [0.3, 0.4) is 0 Å². The summed E-state index contributed by atoms with van der Waals surface area (Å²) >= 11 is 0. The lowest BCUT2D eigenvalue weighted by Crippen LogP contribution is -2.10. The van der Waals surface area contributed by atoms with Crippen LogP contribution in [0.5, 0.6) is 0 Å². The second-order valence-electron chi connectivity index (χ2n) is 14.8. The summed E-state index contributed by atoms with van der Waals surface area (Å²) < 4.78 is 0. The molecule has 9 aromatic carbocycles. The third-order valence-electron chi connectivity index (χ3n) is 11.4. The Kier molecular flexibility index (Phi) is 8.54. The molecule has 1 heteroatoms. The Balaban J connectivity index is 1.04. The number of hydrogen-bond donors (Lipinski definition) is 0. The molecule has 0 atom stereocenters. The van der Waals surface area contributed by atoms with E-state index in [1.165, 1.54) is 103 Å². The number of nitrogens with zero attached hydrogens (tertiary/aromatic N) is 1. The zero-order valence-electron chi connectivity index (χ0n) is 30.8. The number of allylic oxidation sites excluding steroid dienone is 2. The summed E-state index contributed by atoms with van der Waals surface area (Å²) in [6.07, 6.45) is 7.39. The van der Waals surface area contributed by atoms with Crippen molar-refractivity contribution in [2.45, 2.75) is 25.7 Å². The zero-order chi connectivity index (χ0) is 36.6. The van der Waals surface area contributed by atoms with Gasteiger partial charge in [-0.2, -0.15) is 0 Å². The van der Waals surface area contributed by atoms with Crippen molar-refractivity contribution >= 4 is 55.0 Å². The molecule has 0 spiro atoms. The maximum Gasteiger partial charge on any atom is 0.0467 e. The van der Waals surface area contributed by atoms with Gasteiger partial charge in [0.25, 0.3) is 0 Å². The number of fused-ring (bicyclic) bond motifs is 5. The Morgan fingerprint density at radius 3 is 1.53 bits per heavy atom. The normalized spacial score (nSPS) is 12.9. The highest BCUT2D eigenvalue weighted by Gasteiger charge is 2.16. The summed E-state index contributed by atoms with van der Waals surface area (Å²) in [7, 11) is 0. The second kappa shape index (κ2) is 14.3. The highest BCUT2D eigenvalue weighted by molar-refractivity contribution is 6.17. The van der Waals surface area contributed by atoms with Crippen molar-refractivity contribution in [2.24, 2.45) is 0 Å². The van der Waals surface area contributed by atoms with Gasteiger partial charge in [0, 0.05) is 17.1 Å². The minimum Gasteiger partial charge on any atom is -0.310 e. The summed E-state index contributed by atoms with van der Waals surface area (Å²) in [6, 6.07) is 71.4. The van der Waals surface area contributed by atoms with Crippen LogP contribution in [0, 0.1) is 0 Å². The van der Waals surface area contributed by atoms with E-state index in [9.17, 15) is 0 Å². The average molecular weight is 704 g/mol. The van der Waals surface area contributed by atoms with E-state index in [1.807, 2.05) is 0 Å². The van der Waals surface area contributed by atoms with Crippen molar-refractivity contribution in [3.8, 4) is 33.4 Å². The minimum atomic E-state index is 1.11. The molecule has 262 valence electrons. The summed E-state index contributed by atoms with van der Waals surface area (Å²) in [6.45, 7) is 0. The molecule has 0 fully saturated rings. The van der Waals surface area contributed by atoms with Crippen molar-refractivity contribution in [1.82, 2.24) is 0 Å². The van der Waals surface area contributed by atoms with Gasteiger partial charge in [-0.1, -0.05) is 158 Å². The van der Waals surface area contributed by atoms with E-state index >= 15 is 0 Å². The van der Waals surface area contributed by atoms with Crippen LogP contribution < -0.4 is 4.90 Å². The standard InChI is InChI=1S/C54H41N/c1-3-11-38(12-4-1)40-21-23-41(24-22-40)46-17-10-19-50(36-46)55(49-18-9-16-45(35-49)39-13-5-2-6-14-39)48-31-27-42(28-32-48)47-26-25-44-30-33-52-51-20-8-7-15-43(51)29-34-53(52)54(44)37-47/h2,5-11,13-37H,1,3-4,12H2. The van der Waals surface area contributed by atoms with Crippen LogP contribution in [0.4, 0.5) is 17.1 Å². The molecule has 0 saturated carbocycles.